The van der Waals surface area contributed by atoms with E-state index in [4.69, 9.17) is 5.26 Å². The molecule has 4 aromatic rings. The fourth-order valence-corrected chi connectivity index (χ4v) is 2.69. The molecule has 0 fully saturated rings. The third-order valence-electron chi connectivity index (χ3n) is 4.04. The summed E-state index contributed by atoms with van der Waals surface area (Å²) < 4.78 is 0. The Morgan fingerprint density at radius 1 is 0.929 bits per heavy atom. The number of rotatable bonds is 4. The summed E-state index contributed by atoms with van der Waals surface area (Å²) in [7, 11) is 0. The van der Waals surface area contributed by atoms with Crippen molar-refractivity contribution in [2.75, 3.05) is 10.6 Å². The number of para-hydroxylation sites is 1. The highest BCUT2D eigenvalue weighted by molar-refractivity contribution is 6.03. The van der Waals surface area contributed by atoms with Gasteiger partial charge < -0.3 is 10.6 Å². The van der Waals surface area contributed by atoms with Gasteiger partial charge in [-0.25, -0.2) is 9.97 Å². The van der Waals surface area contributed by atoms with Crippen LogP contribution in [0.15, 0.2) is 73.1 Å². The van der Waals surface area contributed by atoms with Crippen molar-refractivity contribution in [3.63, 3.8) is 0 Å². The van der Waals surface area contributed by atoms with Crippen molar-refractivity contribution in [2.24, 2.45) is 0 Å². The zero-order valence-corrected chi connectivity index (χ0v) is 14.6. The van der Waals surface area contributed by atoms with Gasteiger partial charge in [-0.15, -0.1) is 0 Å². The van der Waals surface area contributed by atoms with Crippen molar-refractivity contribution in [1.29, 1.82) is 5.26 Å². The standard InChI is InChI=1S/C21H14N6O/c22-13-14-6-8-16(9-7-14)25-20(28)18-10-12-24-21(27-18)26-17-5-1-3-15-4-2-11-23-19(15)17/h1-12H,(H,25,28)(H,24,26,27). The van der Waals surface area contributed by atoms with E-state index in [1.165, 1.54) is 12.3 Å². The number of nitrogens with one attached hydrogen (secondary N) is 2. The summed E-state index contributed by atoms with van der Waals surface area (Å²) in [6, 6.07) is 19.8. The Bertz CT molecular complexity index is 1190. The van der Waals surface area contributed by atoms with Crippen LogP contribution in [0.3, 0.4) is 0 Å². The highest BCUT2D eigenvalue weighted by atomic mass is 16.1. The van der Waals surface area contributed by atoms with Crippen molar-refractivity contribution in [3.05, 3.63) is 84.3 Å². The van der Waals surface area contributed by atoms with Crippen LogP contribution in [0.5, 0.6) is 0 Å². The average Bonchev–Trinajstić information content (AvgIpc) is 2.75. The molecule has 0 saturated carbocycles. The van der Waals surface area contributed by atoms with Crippen LogP contribution in [0, 0.1) is 11.3 Å². The highest BCUT2D eigenvalue weighted by Crippen LogP contribution is 2.23. The minimum Gasteiger partial charge on any atom is -0.322 e. The van der Waals surface area contributed by atoms with Crippen molar-refractivity contribution in [1.82, 2.24) is 15.0 Å². The number of pyridine rings is 1. The van der Waals surface area contributed by atoms with Crippen LogP contribution in [0.2, 0.25) is 0 Å². The summed E-state index contributed by atoms with van der Waals surface area (Å²) in [5, 5.41) is 15.7. The molecule has 0 aliphatic rings. The van der Waals surface area contributed by atoms with Gasteiger partial charge in [-0.2, -0.15) is 5.26 Å². The van der Waals surface area contributed by atoms with E-state index in [1.54, 1.807) is 30.5 Å². The summed E-state index contributed by atoms with van der Waals surface area (Å²) in [6.45, 7) is 0. The Morgan fingerprint density at radius 3 is 2.57 bits per heavy atom. The van der Waals surface area contributed by atoms with Crippen LogP contribution < -0.4 is 10.6 Å². The van der Waals surface area contributed by atoms with E-state index in [2.05, 4.69) is 25.6 Å². The molecule has 2 aromatic heterocycles. The SMILES string of the molecule is N#Cc1ccc(NC(=O)c2ccnc(Nc3cccc4cccnc34)n2)cc1. The Hall–Kier alpha value is -4.31. The molecule has 28 heavy (non-hydrogen) atoms. The summed E-state index contributed by atoms with van der Waals surface area (Å²) in [5.74, 6) is -0.0724. The Morgan fingerprint density at radius 2 is 1.75 bits per heavy atom. The largest absolute Gasteiger partial charge is 0.322 e. The molecule has 2 heterocycles. The molecular weight excluding hydrogens is 352 g/mol. The van der Waals surface area contributed by atoms with Crippen LogP contribution in [-0.4, -0.2) is 20.9 Å². The molecule has 4 rings (SSSR count). The van der Waals surface area contributed by atoms with Crippen LogP contribution in [0.25, 0.3) is 10.9 Å². The van der Waals surface area contributed by atoms with Crippen molar-refractivity contribution >= 4 is 34.1 Å². The van der Waals surface area contributed by atoms with E-state index in [0.29, 0.717) is 17.2 Å². The molecule has 0 atom stereocenters. The number of amides is 1. The molecule has 2 aromatic carbocycles. The van der Waals surface area contributed by atoms with Crippen LogP contribution in [0.4, 0.5) is 17.3 Å². The van der Waals surface area contributed by atoms with E-state index in [1.807, 2.05) is 36.4 Å². The van der Waals surface area contributed by atoms with Gasteiger partial charge in [0.2, 0.25) is 5.95 Å². The predicted molar refractivity (Wildman–Crippen MR) is 106 cm³/mol. The predicted octanol–water partition coefficient (Wildman–Crippen LogP) is 3.89. The smallest absolute Gasteiger partial charge is 0.274 e. The maximum atomic E-state index is 12.5. The third-order valence-corrected chi connectivity index (χ3v) is 4.04. The lowest BCUT2D eigenvalue weighted by molar-refractivity contribution is 0.102. The molecule has 0 aliphatic heterocycles. The van der Waals surface area contributed by atoms with Gasteiger partial charge in [0.05, 0.1) is 22.8 Å². The number of aromatic nitrogens is 3. The normalized spacial score (nSPS) is 10.2. The summed E-state index contributed by atoms with van der Waals surface area (Å²) in [6.07, 6.45) is 3.23. The van der Waals surface area contributed by atoms with Gasteiger partial charge >= 0.3 is 0 Å². The second kappa shape index (κ2) is 7.51. The van der Waals surface area contributed by atoms with Gasteiger partial charge in [0.1, 0.15) is 5.69 Å². The first kappa shape index (κ1) is 17.1. The summed E-state index contributed by atoms with van der Waals surface area (Å²) >= 11 is 0. The molecule has 2 N–H and O–H groups in total. The number of nitrogens with zero attached hydrogens (tertiary/aromatic N) is 4. The first-order valence-electron chi connectivity index (χ1n) is 8.48. The van der Waals surface area contributed by atoms with Gasteiger partial charge in [-0.05, 0) is 42.5 Å². The number of anilines is 3. The maximum Gasteiger partial charge on any atom is 0.274 e. The number of hydrogen-bond donors (Lipinski definition) is 2. The second-order valence-electron chi connectivity index (χ2n) is 5.91. The topological polar surface area (TPSA) is 104 Å². The molecule has 0 saturated heterocycles. The minimum atomic E-state index is -0.369. The number of benzene rings is 2. The Labute approximate surface area is 160 Å². The molecule has 134 valence electrons. The third kappa shape index (κ3) is 3.61. The summed E-state index contributed by atoms with van der Waals surface area (Å²) in [4.78, 5) is 25.3. The number of hydrogen-bond acceptors (Lipinski definition) is 6. The van der Waals surface area contributed by atoms with Gasteiger partial charge in [0, 0.05) is 23.5 Å². The fourth-order valence-electron chi connectivity index (χ4n) is 2.69. The molecular formula is C21H14N6O. The maximum absolute atomic E-state index is 12.5. The van der Waals surface area contributed by atoms with E-state index < -0.39 is 0 Å². The Balaban J connectivity index is 1.55. The van der Waals surface area contributed by atoms with Gasteiger partial charge in [0.15, 0.2) is 0 Å². The van der Waals surface area contributed by atoms with Crippen LogP contribution in [-0.2, 0) is 0 Å². The zero-order valence-electron chi connectivity index (χ0n) is 14.6. The van der Waals surface area contributed by atoms with Crippen molar-refractivity contribution < 1.29 is 4.79 Å². The lowest BCUT2D eigenvalue weighted by Gasteiger charge is -2.09. The van der Waals surface area contributed by atoms with Gasteiger partial charge in [0.25, 0.3) is 5.91 Å². The van der Waals surface area contributed by atoms with Crippen LogP contribution >= 0.6 is 0 Å². The zero-order chi connectivity index (χ0) is 19.3. The highest BCUT2D eigenvalue weighted by Gasteiger charge is 2.10. The van der Waals surface area contributed by atoms with Crippen LogP contribution in [0.1, 0.15) is 16.1 Å². The first-order valence-corrected chi connectivity index (χ1v) is 8.48. The number of carbonyl (C=O) groups is 1. The fraction of sp³-hybridized carbons (Fsp3) is 0. The van der Waals surface area contributed by atoms with E-state index in [-0.39, 0.29) is 11.6 Å². The molecule has 0 aliphatic carbocycles. The molecule has 0 unspecified atom stereocenters. The van der Waals surface area contributed by atoms with Gasteiger partial charge in [-0.1, -0.05) is 18.2 Å². The lowest BCUT2D eigenvalue weighted by atomic mass is 10.2. The van der Waals surface area contributed by atoms with Crippen molar-refractivity contribution in [2.45, 2.75) is 0 Å². The molecule has 1 amide bonds. The van der Waals surface area contributed by atoms with E-state index >= 15 is 0 Å². The second-order valence-corrected chi connectivity index (χ2v) is 5.91. The van der Waals surface area contributed by atoms with E-state index in [0.717, 1.165) is 16.6 Å². The molecule has 0 radical (unpaired) electrons. The molecule has 7 nitrogen and oxygen atoms in total. The van der Waals surface area contributed by atoms with Crippen molar-refractivity contribution in [3.8, 4) is 6.07 Å². The average molecular weight is 366 g/mol. The number of fused-ring (bicyclic) bond motifs is 1. The minimum absolute atomic E-state index is 0.218. The molecule has 0 spiro atoms. The lowest BCUT2D eigenvalue weighted by Crippen LogP contribution is -2.14. The van der Waals surface area contributed by atoms with Gasteiger partial charge in [-0.3, -0.25) is 9.78 Å². The number of nitriles is 1. The monoisotopic (exact) mass is 366 g/mol. The number of carbonyl (C=O) groups excluding carboxylic acids is 1. The summed E-state index contributed by atoms with van der Waals surface area (Å²) in [5.41, 5.74) is 2.87. The van der Waals surface area contributed by atoms with E-state index in [9.17, 15) is 4.79 Å². The quantitative estimate of drug-likeness (QED) is 0.568. The Kier molecular flexibility index (Phi) is 4.59. The molecule has 7 heteroatoms. The molecule has 0 bridgehead atoms. The first-order chi connectivity index (χ1) is 13.7.